The Balaban J connectivity index is 2.44. The third kappa shape index (κ3) is 3.49. The second-order valence-electron chi connectivity index (χ2n) is 4.34. The number of halogens is 2. The summed E-state index contributed by atoms with van der Waals surface area (Å²) in [4.78, 5) is 5.02. The van der Waals surface area contributed by atoms with Crippen LogP contribution in [0.5, 0.6) is 0 Å². The predicted octanol–water partition coefficient (Wildman–Crippen LogP) is 3.33. The molecule has 2 aromatic rings. The quantitative estimate of drug-likeness (QED) is 0.869. The van der Waals surface area contributed by atoms with Crippen LogP contribution in [0, 0.1) is 13.8 Å². The number of rotatable bonds is 4. The zero-order valence-corrected chi connectivity index (χ0v) is 14.4. The molecule has 1 heterocycles. The van der Waals surface area contributed by atoms with Crippen molar-refractivity contribution in [2.24, 2.45) is 5.73 Å². The molecule has 0 saturated heterocycles. The summed E-state index contributed by atoms with van der Waals surface area (Å²) in [6.07, 6.45) is 0. The Bertz CT molecular complexity index is 769. The van der Waals surface area contributed by atoms with Gasteiger partial charge in [-0.2, -0.15) is 0 Å². The van der Waals surface area contributed by atoms with E-state index in [9.17, 15) is 8.42 Å². The van der Waals surface area contributed by atoms with Gasteiger partial charge in [0.25, 0.3) is 10.0 Å². The highest BCUT2D eigenvalue weighted by Gasteiger charge is 2.21. The standard InChI is InChI=1S/C12H13Cl2N3O2S2/c1-6-7(2)20-12(16-6)17-21(18,19)11-3-8(5-15)9(13)4-10(11)14/h3-4H,5,15H2,1-2H3,(H,16,17). The summed E-state index contributed by atoms with van der Waals surface area (Å²) in [5.74, 6) is 0. The van der Waals surface area contributed by atoms with Crippen LogP contribution >= 0.6 is 34.5 Å². The zero-order valence-electron chi connectivity index (χ0n) is 11.3. The second kappa shape index (κ2) is 6.10. The van der Waals surface area contributed by atoms with Gasteiger partial charge >= 0.3 is 0 Å². The van der Waals surface area contributed by atoms with Gasteiger partial charge in [-0.05, 0) is 31.5 Å². The van der Waals surface area contributed by atoms with Gasteiger partial charge in [0.15, 0.2) is 5.13 Å². The van der Waals surface area contributed by atoms with E-state index in [-0.39, 0.29) is 16.5 Å². The van der Waals surface area contributed by atoms with Gasteiger partial charge in [0.1, 0.15) is 4.90 Å². The van der Waals surface area contributed by atoms with Crippen molar-refractivity contribution in [2.75, 3.05) is 4.72 Å². The fourth-order valence-electron chi connectivity index (χ4n) is 1.62. The molecule has 0 spiro atoms. The highest BCUT2D eigenvalue weighted by molar-refractivity contribution is 7.93. The molecule has 3 N–H and O–H groups in total. The molecule has 21 heavy (non-hydrogen) atoms. The number of thiazole rings is 1. The van der Waals surface area contributed by atoms with E-state index in [2.05, 4.69) is 9.71 Å². The number of hydrogen-bond acceptors (Lipinski definition) is 5. The van der Waals surface area contributed by atoms with Crippen LogP contribution in [0.1, 0.15) is 16.1 Å². The first kappa shape index (κ1) is 16.5. The summed E-state index contributed by atoms with van der Waals surface area (Å²) in [5.41, 5.74) is 6.82. The van der Waals surface area contributed by atoms with Crippen molar-refractivity contribution in [3.63, 3.8) is 0 Å². The van der Waals surface area contributed by atoms with E-state index in [0.29, 0.717) is 15.7 Å². The van der Waals surface area contributed by atoms with E-state index < -0.39 is 10.0 Å². The summed E-state index contributed by atoms with van der Waals surface area (Å²) in [6.45, 7) is 3.80. The molecule has 1 aromatic carbocycles. The Morgan fingerprint density at radius 3 is 2.48 bits per heavy atom. The number of nitrogens with one attached hydrogen (secondary N) is 1. The van der Waals surface area contributed by atoms with Gasteiger partial charge in [0.05, 0.1) is 10.7 Å². The van der Waals surface area contributed by atoms with E-state index in [4.69, 9.17) is 28.9 Å². The van der Waals surface area contributed by atoms with Crippen molar-refractivity contribution in [3.8, 4) is 0 Å². The van der Waals surface area contributed by atoms with Crippen molar-refractivity contribution in [3.05, 3.63) is 38.3 Å². The second-order valence-corrected chi connectivity index (χ2v) is 8.01. The number of nitrogens with zero attached hydrogens (tertiary/aromatic N) is 1. The average molecular weight is 366 g/mol. The molecule has 114 valence electrons. The average Bonchev–Trinajstić information content (AvgIpc) is 2.67. The summed E-state index contributed by atoms with van der Waals surface area (Å²) in [5, 5.41) is 0.669. The van der Waals surface area contributed by atoms with Crippen molar-refractivity contribution >= 4 is 49.7 Å². The number of benzene rings is 1. The van der Waals surface area contributed by atoms with Gasteiger partial charge in [-0.25, -0.2) is 13.4 Å². The van der Waals surface area contributed by atoms with Gasteiger partial charge in [-0.15, -0.1) is 11.3 Å². The minimum absolute atomic E-state index is 0.0368. The molecule has 9 heteroatoms. The number of aromatic nitrogens is 1. The van der Waals surface area contributed by atoms with Gasteiger partial charge in [-0.3, -0.25) is 4.72 Å². The maximum absolute atomic E-state index is 12.4. The molecule has 0 bridgehead atoms. The Kier molecular flexibility index (Phi) is 4.79. The molecule has 0 aliphatic rings. The van der Waals surface area contributed by atoms with Crippen LogP contribution in [0.4, 0.5) is 5.13 Å². The third-order valence-corrected chi connectivity index (χ3v) is 6.13. The molecule has 1 aromatic heterocycles. The van der Waals surface area contributed by atoms with Crippen LogP contribution in [0.2, 0.25) is 10.0 Å². The van der Waals surface area contributed by atoms with E-state index >= 15 is 0 Å². The van der Waals surface area contributed by atoms with Gasteiger partial charge in [0.2, 0.25) is 0 Å². The lowest BCUT2D eigenvalue weighted by Gasteiger charge is -2.10. The Morgan fingerprint density at radius 1 is 1.29 bits per heavy atom. The van der Waals surface area contributed by atoms with Gasteiger partial charge in [0, 0.05) is 16.4 Å². The molecule has 0 fully saturated rings. The molecule has 0 amide bonds. The smallest absolute Gasteiger partial charge is 0.265 e. The Hall–Kier alpha value is -0.860. The fraction of sp³-hybridized carbons (Fsp3) is 0.250. The summed E-state index contributed by atoms with van der Waals surface area (Å²) >= 11 is 13.2. The molecule has 5 nitrogen and oxygen atoms in total. The van der Waals surface area contributed by atoms with Gasteiger partial charge in [-0.1, -0.05) is 23.2 Å². The number of hydrogen-bond donors (Lipinski definition) is 2. The molecule has 0 radical (unpaired) electrons. The molecular weight excluding hydrogens is 353 g/mol. The topological polar surface area (TPSA) is 85.1 Å². The number of aryl methyl sites for hydroxylation is 2. The normalized spacial score (nSPS) is 11.7. The SMILES string of the molecule is Cc1nc(NS(=O)(=O)c2cc(CN)c(Cl)cc2Cl)sc1C. The van der Waals surface area contributed by atoms with Crippen LogP contribution in [0.15, 0.2) is 17.0 Å². The highest BCUT2D eigenvalue weighted by Crippen LogP contribution is 2.31. The van der Waals surface area contributed by atoms with Crippen molar-refractivity contribution in [2.45, 2.75) is 25.3 Å². The maximum Gasteiger partial charge on any atom is 0.265 e. The highest BCUT2D eigenvalue weighted by atomic mass is 35.5. The number of nitrogens with two attached hydrogens (primary N) is 1. The molecular formula is C12H13Cl2N3O2S2. The largest absolute Gasteiger partial charge is 0.326 e. The van der Waals surface area contributed by atoms with Crippen LogP contribution in [-0.2, 0) is 16.6 Å². The fourth-order valence-corrected chi connectivity index (χ4v) is 4.55. The van der Waals surface area contributed by atoms with E-state index in [1.165, 1.54) is 23.5 Å². The lowest BCUT2D eigenvalue weighted by atomic mass is 10.2. The summed E-state index contributed by atoms with van der Waals surface area (Å²) in [7, 11) is -3.85. The minimum Gasteiger partial charge on any atom is -0.326 e. The molecule has 0 aliphatic heterocycles. The van der Waals surface area contributed by atoms with E-state index in [1.54, 1.807) is 0 Å². The Labute approximate surface area is 137 Å². The lowest BCUT2D eigenvalue weighted by molar-refractivity contribution is 0.601. The first-order chi connectivity index (χ1) is 9.74. The number of anilines is 1. The van der Waals surface area contributed by atoms with Crippen molar-refractivity contribution < 1.29 is 8.42 Å². The molecule has 0 atom stereocenters. The maximum atomic E-state index is 12.4. The zero-order chi connectivity index (χ0) is 15.8. The van der Waals surface area contributed by atoms with Crippen molar-refractivity contribution in [1.82, 2.24) is 4.98 Å². The summed E-state index contributed by atoms with van der Waals surface area (Å²) < 4.78 is 27.2. The monoisotopic (exact) mass is 365 g/mol. The van der Waals surface area contributed by atoms with Crippen LogP contribution in [0.25, 0.3) is 0 Å². The third-order valence-electron chi connectivity index (χ3n) is 2.86. The van der Waals surface area contributed by atoms with E-state index in [0.717, 1.165) is 10.6 Å². The summed E-state index contributed by atoms with van der Waals surface area (Å²) in [6, 6.07) is 2.75. The number of sulfonamides is 1. The molecule has 0 aliphatic carbocycles. The lowest BCUT2D eigenvalue weighted by Crippen LogP contribution is -2.14. The molecule has 2 rings (SSSR count). The van der Waals surface area contributed by atoms with Crippen LogP contribution in [-0.4, -0.2) is 13.4 Å². The Morgan fingerprint density at radius 2 is 1.95 bits per heavy atom. The first-order valence-electron chi connectivity index (χ1n) is 5.89. The van der Waals surface area contributed by atoms with Crippen LogP contribution in [0.3, 0.4) is 0 Å². The molecule has 0 unspecified atom stereocenters. The van der Waals surface area contributed by atoms with Crippen molar-refractivity contribution in [1.29, 1.82) is 0 Å². The first-order valence-corrected chi connectivity index (χ1v) is 8.95. The van der Waals surface area contributed by atoms with E-state index in [1.807, 2.05) is 13.8 Å². The predicted molar refractivity (Wildman–Crippen MR) is 86.7 cm³/mol. The van der Waals surface area contributed by atoms with Crippen LogP contribution < -0.4 is 10.5 Å². The molecule has 0 saturated carbocycles. The van der Waals surface area contributed by atoms with Gasteiger partial charge < -0.3 is 5.73 Å². The minimum atomic E-state index is -3.85.